The molecule has 1 amide bonds. The maximum atomic E-state index is 12.5. The van der Waals surface area contributed by atoms with E-state index < -0.39 is 10.0 Å². The Morgan fingerprint density at radius 3 is 2.70 bits per heavy atom. The Bertz CT molecular complexity index is 631. The van der Waals surface area contributed by atoms with Crippen molar-refractivity contribution in [3.63, 3.8) is 0 Å². The van der Waals surface area contributed by atoms with Gasteiger partial charge in [0, 0.05) is 44.9 Å². The van der Waals surface area contributed by atoms with Crippen LogP contribution in [0, 0.1) is 0 Å². The van der Waals surface area contributed by atoms with E-state index in [2.05, 4.69) is 10.0 Å². The molecule has 0 aliphatic carbocycles. The predicted molar refractivity (Wildman–Crippen MR) is 86.9 cm³/mol. The molecule has 23 heavy (non-hydrogen) atoms. The number of ether oxygens (including phenoxy) is 1. The van der Waals surface area contributed by atoms with E-state index in [4.69, 9.17) is 4.74 Å². The maximum Gasteiger partial charge on any atom is 0.254 e. The van der Waals surface area contributed by atoms with E-state index in [9.17, 15) is 13.2 Å². The highest BCUT2D eigenvalue weighted by Gasteiger charge is 2.24. The summed E-state index contributed by atoms with van der Waals surface area (Å²) >= 11 is 0. The van der Waals surface area contributed by atoms with Gasteiger partial charge in [-0.05, 0) is 31.2 Å². The van der Waals surface area contributed by atoms with Crippen LogP contribution in [0.5, 0.6) is 0 Å². The second kappa shape index (κ2) is 7.87. The highest BCUT2D eigenvalue weighted by atomic mass is 32.2. The van der Waals surface area contributed by atoms with Crippen LogP contribution in [0.15, 0.2) is 29.2 Å². The number of methoxy groups -OCH3 is 1. The van der Waals surface area contributed by atoms with E-state index in [1.54, 1.807) is 17.0 Å². The lowest BCUT2D eigenvalue weighted by Crippen LogP contribution is -2.52. The molecule has 0 bridgehead atoms. The quantitative estimate of drug-likeness (QED) is 0.714. The second-order valence-electron chi connectivity index (χ2n) is 5.47. The fraction of sp³-hybridized carbons (Fsp3) is 0.533. The van der Waals surface area contributed by atoms with Crippen molar-refractivity contribution in [1.29, 1.82) is 0 Å². The van der Waals surface area contributed by atoms with Crippen molar-refractivity contribution in [2.24, 2.45) is 0 Å². The average molecular weight is 341 g/mol. The zero-order valence-electron chi connectivity index (χ0n) is 13.4. The molecule has 2 N–H and O–H groups in total. The molecule has 0 radical (unpaired) electrons. The minimum Gasteiger partial charge on any atom is -0.383 e. The molecule has 0 unspecified atom stereocenters. The van der Waals surface area contributed by atoms with Gasteiger partial charge in [0.2, 0.25) is 10.0 Å². The van der Waals surface area contributed by atoms with Crippen molar-refractivity contribution in [3.8, 4) is 0 Å². The minimum atomic E-state index is -3.58. The van der Waals surface area contributed by atoms with Gasteiger partial charge in [0.05, 0.1) is 11.5 Å². The van der Waals surface area contributed by atoms with Crippen molar-refractivity contribution < 1.29 is 17.9 Å². The Kier molecular flexibility index (Phi) is 6.11. The Labute approximate surface area is 137 Å². The van der Waals surface area contributed by atoms with Crippen molar-refractivity contribution in [1.82, 2.24) is 14.9 Å². The molecule has 128 valence electrons. The van der Waals surface area contributed by atoms with E-state index in [-0.39, 0.29) is 23.4 Å². The van der Waals surface area contributed by atoms with E-state index in [1.165, 1.54) is 19.2 Å². The SMILES string of the molecule is COCCNS(=O)(=O)c1ccc(C(=O)N2CCNC[C@H]2C)cc1. The zero-order valence-corrected chi connectivity index (χ0v) is 14.2. The molecule has 1 heterocycles. The first kappa shape index (κ1) is 17.9. The molecule has 1 aromatic carbocycles. The van der Waals surface area contributed by atoms with Crippen LogP contribution in [0.3, 0.4) is 0 Å². The molecule has 0 aromatic heterocycles. The third-order valence-electron chi connectivity index (χ3n) is 3.77. The van der Waals surface area contributed by atoms with Crippen LogP contribution in [0.4, 0.5) is 0 Å². The number of piperazine rings is 1. The third kappa shape index (κ3) is 4.51. The Balaban J connectivity index is 2.08. The summed E-state index contributed by atoms with van der Waals surface area (Å²) < 4.78 is 31.4. The molecular formula is C15H23N3O4S. The lowest BCUT2D eigenvalue weighted by Gasteiger charge is -2.34. The molecule has 2 rings (SSSR count). The third-order valence-corrected chi connectivity index (χ3v) is 5.25. The number of nitrogens with zero attached hydrogens (tertiary/aromatic N) is 1. The van der Waals surface area contributed by atoms with Gasteiger partial charge < -0.3 is 15.0 Å². The van der Waals surface area contributed by atoms with Crippen LogP contribution in [-0.4, -0.2) is 65.2 Å². The standard InChI is InChI=1S/C15H23N3O4S/c1-12-11-16-7-9-18(12)15(19)13-3-5-14(6-4-13)23(20,21)17-8-10-22-2/h3-6,12,16-17H,7-11H2,1-2H3/t12-/m1/s1. The summed E-state index contributed by atoms with van der Waals surface area (Å²) in [4.78, 5) is 14.4. The lowest BCUT2D eigenvalue weighted by molar-refractivity contribution is 0.0655. The van der Waals surface area contributed by atoms with Gasteiger partial charge in [0.25, 0.3) is 5.91 Å². The highest BCUT2D eigenvalue weighted by molar-refractivity contribution is 7.89. The summed E-state index contributed by atoms with van der Waals surface area (Å²) in [6, 6.07) is 6.14. The van der Waals surface area contributed by atoms with Crippen LogP contribution >= 0.6 is 0 Å². The van der Waals surface area contributed by atoms with E-state index in [0.29, 0.717) is 18.7 Å². The van der Waals surface area contributed by atoms with Gasteiger partial charge in [-0.3, -0.25) is 4.79 Å². The van der Waals surface area contributed by atoms with Crippen LogP contribution in [0.1, 0.15) is 17.3 Å². The van der Waals surface area contributed by atoms with Gasteiger partial charge in [-0.1, -0.05) is 0 Å². The zero-order chi connectivity index (χ0) is 16.9. The summed E-state index contributed by atoms with van der Waals surface area (Å²) in [6.45, 7) is 4.68. The van der Waals surface area contributed by atoms with E-state index in [0.717, 1.165) is 13.1 Å². The Hall–Kier alpha value is -1.48. The first-order valence-electron chi connectivity index (χ1n) is 7.56. The van der Waals surface area contributed by atoms with Crippen LogP contribution in [-0.2, 0) is 14.8 Å². The maximum absolute atomic E-state index is 12.5. The summed E-state index contributed by atoms with van der Waals surface area (Å²) in [7, 11) is -2.07. The number of benzene rings is 1. The number of nitrogens with one attached hydrogen (secondary N) is 2. The number of carbonyl (C=O) groups excluding carboxylic acids is 1. The summed E-state index contributed by atoms with van der Waals surface area (Å²) in [6.07, 6.45) is 0. The average Bonchev–Trinajstić information content (AvgIpc) is 2.55. The first-order chi connectivity index (χ1) is 11.0. The number of carbonyl (C=O) groups is 1. The van der Waals surface area contributed by atoms with Crippen LogP contribution < -0.4 is 10.0 Å². The number of rotatable bonds is 6. The van der Waals surface area contributed by atoms with Gasteiger partial charge in [-0.15, -0.1) is 0 Å². The molecule has 1 aromatic rings. The molecule has 7 nitrogen and oxygen atoms in total. The number of sulfonamides is 1. The molecule has 0 spiro atoms. The molecule has 1 aliphatic heterocycles. The molecular weight excluding hydrogens is 318 g/mol. The number of hydrogen-bond donors (Lipinski definition) is 2. The Morgan fingerprint density at radius 2 is 2.09 bits per heavy atom. The number of hydrogen-bond acceptors (Lipinski definition) is 5. The van der Waals surface area contributed by atoms with Gasteiger partial charge >= 0.3 is 0 Å². The number of amides is 1. The van der Waals surface area contributed by atoms with Gasteiger partial charge in [-0.25, -0.2) is 13.1 Å². The Morgan fingerprint density at radius 1 is 1.39 bits per heavy atom. The van der Waals surface area contributed by atoms with Gasteiger partial charge in [0.1, 0.15) is 0 Å². The van der Waals surface area contributed by atoms with E-state index in [1.807, 2.05) is 6.92 Å². The smallest absolute Gasteiger partial charge is 0.254 e. The van der Waals surface area contributed by atoms with Gasteiger partial charge in [-0.2, -0.15) is 0 Å². The highest BCUT2D eigenvalue weighted by Crippen LogP contribution is 2.14. The molecule has 8 heteroatoms. The van der Waals surface area contributed by atoms with Crippen molar-refractivity contribution >= 4 is 15.9 Å². The predicted octanol–water partition coefficient (Wildman–Crippen LogP) is 0.0452. The van der Waals surface area contributed by atoms with Crippen molar-refractivity contribution in [2.75, 3.05) is 39.9 Å². The molecule has 1 aliphatic rings. The molecule has 1 atom stereocenters. The minimum absolute atomic E-state index is 0.0738. The molecule has 0 saturated carbocycles. The monoisotopic (exact) mass is 341 g/mol. The first-order valence-corrected chi connectivity index (χ1v) is 9.04. The van der Waals surface area contributed by atoms with Crippen molar-refractivity contribution in [2.45, 2.75) is 17.9 Å². The molecule has 1 fully saturated rings. The van der Waals surface area contributed by atoms with E-state index >= 15 is 0 Å². The van der Waals surface area contributed by atoms with Gasteiger partial charge in [0.15, 0.2) is 0 Å². The van der Waals surface area contributed by atoms with Crippen LogP contribution in [0.2, 0.25) is 0 Å². The topological polar surface area (TPSA) is 87.7 Å². The fourth-order valence-corrected chi connectivity index (χ4v) is 3.46. The summed E-state index contributed by atoms with van der Waals surface area (Å²) in [5.41, 5.74) is 0.495. The fourth-order valence-electron chi connectivity index (χ4n) is 2.45. The normalized spacial score (nSPS) is 18.9. The second-order valence-corrected chi connectivity index (χ2v) is 7.23. The molecule has 1 saturated heterocycles. The lowest BCUT2D eigenvalue weighted by atomic mass is 10.1. The summed E-state index contributed by atoms with van der Waals surface area (Å²) in [5.74, 6) is -0.0738. The van der Waals surface area contributed by atoms with Crippen molar-refractivity contribution in [3.05, 3.63) is 29.8 Å². The largest absolute Gasteiger partial charge is 0.383 e. The summed E-state index contributed by atoms with van der Waals surface area (Å²) in [5, 5.41) is 3.23. The van der Waals surface area contributed by atoms with Crippen LogP contribution in [0.25, 0.3) is 0 Å².